The highest BCUT2D eigenvalue weighted by Crippen LogP contribution is 2.38. The lowest BCUT2D eigenvalue weighted by molar-refractivity contribution is 0.0547. The SMILES string of the molecule is Cc1ccc2c(c1)cc(-c1cc(N3CCOCC3)nc3c(C4=CC=NC4)nccc13)n2C(=O)OC(C)(C)C. The molecule has 1 aromatic carbocycles. The number of benzene rings is 1. The van der Waals surface area contributed by atoms with Gasteiger partial charge in [0, 0.05) is 47.4 Å². The zero-order chi connectivity index (χ0) is 26.4. The minimum atomic E-state index is -0.638. The molecule has 0 N–H and O–H groups in total. The number of fused-ring (bicyclic) bond motifs is 2. The van der Waals surface area contributed by atoms with Crippen molar-refractivity contribution < 1.29 is 14.3 Å². The van der Waals surface area contributed by atoms with Crippen LogP contribution in [0.25, 0.3) is 38.6 Å². The number of pyridine rings is 2. The number of aryl methyl sites for hydroxylation is 1. The molecule has 4 aromatic rings. The first-order chi connectivity index (χ1) is 18.3. The largest absolute Gasteiger partial charge is 0.443 e. The number of ether oxygens (including phenoxy) is 2. The molecule has 0 radical (unpaired) electrons. The van der Waals surface area contributed by atoms with E-state index >= 15 is 0 Å². The van der Waals surface area contributed by atoms with Gasteiger partial charge in [0.05, 0.1) is 42.2 Å². The smallest absolute Gasteiger partial charge is 0.419 e. The van der Waals surface area contributed by atoms with E-state index in [0.29, 0.717) is 19.8 Å². The molecule has 0 atom stereocenters. The fourth-order valence-corrected chi connectivity index (χ4v) is 5.08. The maximum absolute atomic E-state index is 13.7. The van der Waals surface area contributed by atoms with Gasteiger partial charge in [-0.15, -0.1) is 0 Å². The van der Waals surface area contributed by atoms with Gasteiger partial charge in [-0.05, 0) is 64.1 Å². The summed E-state index contributed by atoms with van der Waals surface area (Å²) in [5.41, 5.74) is 5.58. The highest BCUT2D eigenvalue weighted by molar-refractivity contribution is 6.06. The van der Waals surface area contributed by atoms with Gasteiger partial charge < -0.3 is 14.4 Å². The highest BCUT2D eigenvalue weighted by Gasteiger charge is 2.26. The zero-order valence-corrected chi connectivity index (χ0v) is 22.2. The lowest BCUT2D eigenvalue weighted by atomic mass is 10.0. The molecule has 0 bridgehead atoms. The Morgan fingerprint density at radius 2 is 1.89 bits per heavy atom. The van der Waals surface area contributed by atoms with Crippen molar-refractivity contribution in [2.75, 3.05) is 37.7 Å². The number of hydrogen-bond donors (Lipinski definition) is 0. The van der Waals surface area contributed by atoms with Gasteiger partial charge in [-0.3, -0.25) is 9.98 Å². The molecule has 2 aliphatic heterocycles. The second-order valence-electron chi connectivity index (χ2n) is 10.8. The molecule has 1 saturated heterocycles. The van der Waals surface area contributed by atoms with Crippen molar-refractivity contribution in [2.45, 2.75) is 33.3 Å². The van der Waals surface area contributed by atoms with Gasteiger partial charge in [0.2, 0.25) is 0 Å². The topological polar surface area (TPSA) is 81.8 Å². The number of hydrogen-bond acceptors (Lipinski definition) is 7. The maximum Gasteiger partial charge on any atom is 0.419 e. The van der Waals surface area contributed by atoms with Crippen LogP contribution in [0.2, 0.25) is 0 Å². The van der Waals surface area contributed by atoms with Crippen LogP contribution in [0.5, 0.6) is 0 Å². The van der Waals surface area contributed by atoms with E-state index in [0.717, 1.165) is 68.8 Å². The summed E-state index contributed by atoms with van der Waals surface area (Å²) in [4.78, 5) is 30.1. The van der Waals surface area contributed by atoms with E-state index < -0.39 is 11.7 Å². The molecule has 8 nitrogen and oxygen atoms in total. The Morgan fingerprint density at radius 3 is 2.63 bits per heavy atom. The third kappa shape index (κ3) is 4.45. The van der Waals surface area contributed by atoms with E-state index in [4.69, 9.17) is 19.4 Å². The molecule has 3 aromatic heterocycles. The minimum absolute atomic E-state index is 0.412. The normalized spacial score (nSPS) is 15.9. The van der Waals surface area contributed by atoms with Crippen LogP contribution in [0.4, 0.5) is 10.6 Å². The first kappa shape index (κ1) is 24.3. The van der Waals surface area contributed by atoms with Crippen molar-refractivity contribution in [1.29, 1.82) is 0 Å². The average molecular weight is 510 g/mol. The molecule has 0 spiro atoms. The van der Waals surface area contributed by atoms with E-state index in [1.807, 2.05) is 51.3 Å². The molecule has 8 heteroatoms. The molecular weight excluding hydrogens is 478 g/mol. The Labute approximate surface area is 221 Å². The van der Waals surface area contributed by atoms with Crippen molar-refractivity contribution in [3.63, 3.8) is 0 Å². The van der Waals surface area contributed by atoms with Gasteiger partial charge in [0.25, 0.3) is 0 Å². The van der Waals surface area contributed by atoms with Crippen LogP contribution in [0.3, 0.4) is 0 Å². The third-order valence-electron chi connectivity index (χ3n) is 6.81. The van der Waals surface area contributed by atoms with Crippen LogP contribution < -0.4 is 4.90 Å². The lowest BCUT2D eigenvalue weighted by Crippen LogP contribution is -2.36. The first-order valence-corrected chi connectivity index (χ1v) is 13.0. The zero-order valence-electron chi connectivity index (χ0n) is 22.2. The molecule has 194 valence electrons. The Morgan fingerprint density at radius 1 is 1.08 bits per heavy atom. The molecule has 2 aliphatic rings. The molecule has 0 unspecified atom stereocenters. The van der Waals surface area contributed by atoms with Crippen LogP contribution in [0.1, 0.15) is 32.0 Å². The van der Waals surface area contributed by atoms with Crippen LogP contribution in [-0.2, 0) is 9.47 Å². The Kier molecular flexibility index (Phi) is 5.99. The predicted molar refractivity (Wildman–Crippen MR) is 151 cm³/mol. The van der Waals surface area contributed by atoms with E-state index in [9.17, 15) is 4.79 Å². The number of allylic oxidation sites excluding steroid dienone is 1. The molecule has 0 amide bonds. The van der Waals surface area contributed by atoms with E-state index in [1.165, 1.54) is 0 Å². The van der Waals surface area contributed by atoms with Crippen molar-refractivity contribution in [3.05, 3.63) is 59.9 Å². The number of anilines is 1. The number of carbonyl (C=O) groups excluding carboxylic acids is 1. The summed E-state index contributed by atoms with van der Waals surface area (Å²) in [6, 6.07) is 12.2. The van der Waals surface area contributed by atoms with E-state index in [1.54, 1.807) is 10.8 Å². The first-order valence-electron chi connectivity index (χ1n) is 13.0. The van der Waals surface area contributed by atoms with E-state index in [-0.39, 0.29) is 0 Å². The summed E-state index contributed by atoms with van der Waals surface area (Å²) in [5, 5.41) is 1.90. The highest BCUT2D eigenvalue weighted by atomic mass is 16.6. The minimum Gasteiger partial charge on any atom is -0.443 e. The molecule has 0 saturated carbocycles. The Balaban J connectivity index is 1.64. The molecular formula is C30H31N5O3. The predicted octanol–water partition coefficient (Wildman–Crippen LogP) is 5.65. The fourth-order valence-electron chi connectivity index (χ4n) is 5.08. The third-order valence-corrected chi connectivity index (χ3v) is 6.81. The Hall–Kier alpha value is -4.04. The van der Waals surface area contributed by atoms with Crippen LogP contribution in [-0.4, -0.2) is 65.3 Å². The van der Waals surface area contributed by atoms with E-state index in [2.05, 4.69) is 35.0 Å². The molecule has 1 fully saturated rings. The Bertz CT molecular complexity index is 1620. The second kappa shape index (κ2) is 9.36. The summed E-state index contributed by atoms with van der Waals surface area (Å²) in [5.74, 6) is 0.835. The maximum atomic E-state index is 13.7. The fraction of sp³-hybridized carbons (Fsp3) is 0.333. The van der Waals surface area contributed by atoms with Gasteiger partial charge >= 0.3 is 6.09 Å². The van der Waals surface area contributed by atoms with Crippen molar-refractivity contribution in [1.82, 2.24) is 14.5 Å². The standard InChI is InChI=1S/C30H31N5O3/c1-19-5-6-24-21(15-19)16-25(35(24)29(36)38-30(2,3)4)23-17-26(34-11-13-37-14-12-34)33-28-22(23)8-10-32-27(28)20-7-9-31-18-20/h5-10,15-17H,11-14,18H2,1-4H3. The summed E-state index contributed by atoms with van der Waals surface area (Å²) >= 11 is 0. The van der Waals surface area contributed by atoms with Crippen LogP contribution >= 0.6 is 0 Å². The summed E-state index contributed by atoms with van der Waals surface area (Å²) in [7, 11) is 0. The molecule has 5 heterocycles. The number of nitrogens with zero attached hydrogens (tertiary/aromatic N) is 5. The number of rotatable bonds is 3. The van der Waals surface area contributed by atoms with Crippen molar-refractivity contribution in [2.24, 2.45) is 4.99 Å². The quantitative estimate of drug-likeness (QED) is 0.355. The van der Waals surface area contributed by atoms with Crippen molar-refractivity contribution >= 4 is 45.5 Å². The van der Waals surface area contributed by atoms with Crippen LogP contribution in [0, 0.1) is 6.92 Å². The number of aliphatic imine (C=N–C) groups is 1. The second-order valence-corrected chi connectivity index (χ2v) is 10.8. The summed E-state index contributed by atoms with van der Waals surface area (Å²) in [6.45, 7) is 11.0. The monoisotopic (exact) mass is 509 g/mol. The number of morpholine rings is 1. The lowest BCUT2D eigenvalue weighted by Gasteiger charge is -2.29. The van der Waals surface area contributed by atoms with Crippen molar-refractivity contribution in [3.8, 4) is 11.3 Å². The van der Waals surface area contributed by atoms with Gasteiger partial charge in [-0.1, -0.05) is 11.6 Å². The van der Waals surface area contributed by atoms with Gasteiger partial charge in [-0.2, -0.15) is 0 Å². The van der Waals surface area contributed by atoms with Gasteiger partial charge in [0.1, 0.15) is 11.4 Å². The van der Waals surface area contributed by atoms with Crippen LogP contribution in [0.15, 0.2) is 53.7 Å². The molecule has 38 heavy (non-hydrogen) atoms. The molecule has 0 aliphatic carbocycles. The average Bonchev–Trinajstić information content (AvgIpc) is 3.55. The number of aromatic nitrogens is 3. The summed E-state index contributed by atoms with van der Waals surface area (Å²) in [6.07, 6.45) is 5.20. The van der Waals surface area contributed by atoms with Gasteiger partial charge in [-0.25, -0.2) is 14.3 Å². The number of carbonyl (C=O) groups is 1. The summed E-state index contributed by atoms with van der Waals surface area (Å²) < 4.78 is 13.2. The molecule has 6 rings (SSSR count). The van der Waals surface area contributed by atoms with Gasteiger partial charge in [0.15, 0.2) is 0 Å².